The van der Waals surface area contributed by atoms with Crippen molar-refractivity contribution in [3.8, 4) is 0 Å². The highest BCUT2D eigenvalue weighted by molar-refractivity contribution is 7.14. The highest BCUT2D eigenvalue weighted by atomic mass is 32.1. The SMILES string of the molecule is Cc1ccc(C(=O)CCC(=O)OC(C)C(=O)NC(=O)Nc2ccccc2)s1. The summed E-state index contributed by atoms with van der Waals surface area (Å²) in [4.78, 5) is 49.1. The van der Waals surface area contributed by atoms with Gasteiger partial charge < -0.3 is 10.1 Å². The van der Waals surface area contributed by atoms with Gasteiger partial charge in [0.15, 0.2) is 11.9 Å². The van der Waals surface area contributed by atoms with Crippen molar-refractivity contribution in [2.24, 2.45) is 0 Å². The second kappa shape index (κ2) is 9.63. The summed E-state index contributed by atoms with van der Waals surface area (Å²) in [5.74, 6) is -1.58. The topological polar surface area (TPSA) is 102 Å². The predicted octanol–water partition coefficient (Wildman–Crippen LogP) is 3.30. The molecule has 1 aromatic carbocycles. The average molecular weight is 388 g/mol. The van der Waals surface area contributed by atoms with Crippen LogP contribution in [-0.4, -0.2) is 29.8 Å². The Morgan fingerprint density at radius 2 is 1.74 bits per heavy atom. The van der Waals surface area contributed by atoms with Gasteiger partial charge in [0, 0.05) is 17.0 Å². The fourth-order valence-electron chi connectivity index (χ4n) is 2.13. The van der Waals surface area contributed by atoms with Crippen molar-refractivity contribution in [1.29, 1.82) is 0 Å². The molecule has 1 aromatic heterocycles. The molecule has 3 amide bonds. The molecule has 1 unspecified atom stereocenters. The Labute approximate surface area is 160 Å². The zero-order valence-corrected chi connectivity index (χ0v) is 15.8. The Bertz CT molecular complexity index is 832. The summed E-state index contributed by atoms with van der Waals surface area (Å²) in [5, 5.41) is 4.58. The number of carbonyl (C=O) groups is 4. The fourth-order valence-corrected chi connectivity index (χ4v) is 2.97. The third kappa shape index (κ3) is 6.67. The number of thiophene rings is 1. The van der Waals surface area contributed by atoms with Crippen molar-refractivity contribution in [3.63, 3.8) is 0 Å². The zero-order chi connectivity index (χ0) is 19.8. The summed E-state index contributed by atoms with van der Waals surface area (Å²) in [7, 11) is 0. The van der Waals surface area contributed by atoms with Gasteiger partial charge in [0.1, 0.15) is 0 Å². The number of para-hydroxylation sites is 1. The van der Waals surface area contributed by atoms with Crippen LogP contribution in [0.15, 0.2) is 42.5 Å². The quantitative estimate of drug-likeness (QED) is 0.560. The molecule has 0 spiro atoms. The van der Waals surface area contributed by atoms with E-state index in [2.05, 4.69) is 10.6 Å². The van der Waals surface area contributed by atoms with Crippen molar-refractivity contribution < 1.29 is 23.9 Å². The molecule has 0 aliphatic carbocycles. The van der Waals surface area contributed by atoms with E-state index in [1.807, 2.05) is 13.0 Å². The van der Waals surface area contributed by atoms with Gasteiger partial charge in [0.2, 0.25) is 0 Å². The molecular formula is C19H20N2O5S. The maximum absolute atomic E-state index is 12.0. The second-order valence-corrected chi connectivity index (χ2v) is 7.06. The van der Waals surface area contributed by atoms with Gasteiger partial charge in [-0.05, 0) is 38.1 Å². The Morgan fingerprint density at radius 1 is 1.04 bits per heavy atom. The molecule has 0 fully saturated rings. The number of aryl methyl sites for hydroxylation is 1. The Morgan fingerprint density at radius 3 is 2.37 bits per heavy atom. The molecule has 2 aromatic rings. The number of anilines is 1. The van der Waals surface area contributed by atoms with E-state index < -0.39 is 24.0 Å². The van der Waals surface area contributed by atoms with Crippen molar-refractivity contribution in [1.82, 2.24) is 5.32 Å². The normalized spacial score (nSPS) is 11.3. The summed E-state index contributed by atoms with van der Waals surface area (Å²) in [5.41, 5.74) is 0.523. The van der Waals surface area contributed by atoms with Crippen LogP contribution >= 0.6 is 11.3 Å². The van der Waals surface area contributed by atoms with Crippen molar-refractivity contribution >= 4 is 40.7 Å². The van der Waals surface area contributed by atoms with Gasteiger partial charge in [0.05, 0.1) is 11.3 Å². The lowest BCUT2D eigenvalue weighted by Crippen LogP contribution is -2.41. The van der Waals surface area contributed by atoms with Crippen molar-refractivity contribution in [2.45, 2.75) is 32.8 Å². The van der Waals surface area contributed by atoms with Gasteiger partial charge in [-0.1, -0.05) is 18.2 Å². The Kier molecular flexibility index (Phi) is 7.25. The minimum absolute atomic E-state index is 0.00161. The molecule has 2 rings (SSSR count). The van der Waals surface area contributed by atoms with E-state index in [0.717, 1.165) is 4.88 Å². The molecule has 0 saturated heterocycles. The summed E-state index contributed by atoms with van der Waals surface area (Å²) >= 11 is 1.36. The number of ether oxygens (including phenoxy) is 1. The molecule has 0 saturated carbocycles. The van der Waals surface area contributed by atoms with E-state index in [1.165, 1.54) is 18.3 Å². The molecular weight excluding hydrogens is 368 g/mol. The number of rotatable bonds is 7. The molecule has 0 aliphatic rings. The molecule has 7 nitrogen and oxygen atoms in total. The van der Waals surface area contributed by atoms with Crippen LogP contribution in [0.25, 0.3) is 0 Å². The van der Waals surface area contributed by atoms with Crippen LogP contribution in [0, 0.1) is 6.92 Å². The maximum atomic E-state index is 12.0. The summed E-state index contributed by atoms with van der Waals surface area (Å²) < 4.78 is 4.97. The molecule has 142 valence electrons. The lowest BCUT2D eigenvalue weighted by molar-refractivity contribution is -0.154. The first-order chi connectivity index (χ1) is 12.8. The first-order valence-electron chi connectivity index (χ1n) is 8.31. The number of benzene rings is 1. The molecule has 1 atom stereocenters. The maximum Gasteiger partial charge on any atom is 0.325 e. The van der Waals surface area contributed by atoms with Crippen molar-refractivity contribution in [2.75, 3.05) is 5.32 Å². The number of amides is 3. The Hall–Kier alpha value is -3.00. The minimum Gasteiger partial charge on any atom is -0.453 e. The number of ketones is 1. The van der Waals surface area contributed by atoms with Crippen LogP contribution in [0.4, 0.5) is 10.5 Å². The van der Waals surface area contributed by atoms with Gasteiger partial charge in [-0.3, -0.25) is 19.7 Å². The van der Waals surface area contributed by atoms with Gasteiger partial charge in [-0.25, -0.2) is 4.79 Å². The first-order valence-corrected chi connectivity index (χ1v) is 9.13. The Balaban J connectivity index is 1.73. The van der Waals surface area contributed by atoms with Crippen LogP contribution in [-0.2, 0) is 14.3 Å². The highest BCUT2D eigenvalue weighted by Gasteiger charge is 2.21. The van der Waals surface area contributed by atoms with Crippen LogP contribution in [0.3, 0.4) is 0 Å². The minimum atomic E-state index is -1.15. The zero-order valence-electron chi connectivity index (χ0n) is 15.0. The van der Waals surface area contributed by atoms with E-state index in [-0.39, 0.29) is 18.6 Å². The van der Waals surface area contributed by atoms with E-state index in [1.54, 1.807) is 36.4 Å². The predicted molar refractivity (Wildman–Crippen MR) is 102 cm³/mol. The first kappa shape index (κ1) is 20.3. The number of Topliss-reactive ketones (excluding diaryl/α,β-unsaturated/α-hetero) is 1. The highest BCUT2D eigenvalue weighted by Crippen LogP contribution is 2.17. The van der Waals surface area contributed by atoms with Gasteiger partial charge in [-0.15, -0.1) is 11.3 Å². The number of esters is 1. The molecule has 0 bridgehead atoms. The fraction of sp³-hybridized carbons (Fsp3) is 0.263. The second-order valence-electron chi connectivity index (χ2n) is 5.77. The molecule has 0 aliphatic heterocycles. The summed E-state index contributed by atoms with van der Waals surface area (Å²) in [6.45, 7) is 3.25. The van der Waals surface area contributed by atoms with Crippen LogP contribution in [0.5, 0.6) is 0 Å². The van der Waals surface area contributed by atoms with Crippen LogP contribution in [0.1, 0.15) is 34.3 Å². The summed E-state index contributed by atoms with van der Waals surface area (Å²) in [6.07, 6.45) is -1.29. The monoisotopic (exact) mass is 388 g/mol. The van der Waals surface area contributed by atoms with E-state index >= 15 is 0 Å². The standard InChI is InChI=1S/C19H20N2O5S/c1-12-8-10-16(27-12)15(22)9-11-17(23)26-13(2)18(24)21-19(25)20-14-6-4-3-5-7-14/h3-8,10,13H,9,11H2,1-2H3,(H2,20,21,24,25). The lowest BCUT2D eigenvalue weighted by Gasteiger charge is -2.13. The number of urea groups is 1. The lowest BCUT2D eigenvalue weighted by atomic mass is 10.2. The van der Waals surface area contributed by atoms with E-state index in [4.69, 9.17) is 4.74 Å². The van der Waals surface area contributed by atoms with Crippen molar-refractivity contribution in [3.05, 3.63) is 52.2 Å². The molecule has 8 heteroatoms. The number of imide groups is 1. The van der Waals surface area contributed by atoms with E-state index in [9.17, 15) is 19.2 Å². The van der Waals surface area contributed by atoms with E-state index in [0.29, 0.717) is 10.6 Å². The smallest absolute Gasteiger partial charge is 0.325 e. The number of carbonyl (C=O) groups excluding carboxylic acids is 4. The number of hydrogen-bond donors (Lipinski definition) is 2. The number of hydrogen-bond acceptors (Lipinski definition) is 6. The largest absolute Gasteiger partial charge is 0.453 e. The molecule has 2 N–H and O–H groups in total. The van der Waals surface area contributed by atoms with Gasteiger partial charge in [-0.2, -0.15) is 0 Å². The van der Waals surface area contributed by atoms with Gasteiger partial charge in [0.25, 0.3) is 5.91 Å². The van der Waals surface area contributed by atoms with Gasteiger partial charge >= 0.3 is 12.0 Å². The summed E-state index contributed by atoms with van der Waals surface area (Å²) in [6, 6.07) is 11.4. The molecule has 1 heterocycles. The van der Waals surface area contributed by atoms with Crippen LogP contribution in [0.2, 0.25) is 0 Å². The third-order valence-corrected chi connectivity index (χ3v) is 4.56. The number of nitrogens with one attached hydrogen (secondary N) is 2. The average Bonchev–Trinajstić information content (AvgIpc) is 3.06. The molecule has 0 radical (unpaired) electrons. The molecule has 27 heavy (non-hydrogen) atoms. The van der Waals surface area contributed by atoms with Crippen LogP contribution < -0.4 is 10.6 Å². The third-order valence-electron chi connectivity index (χ3n) is 3.52.